The van der Waals surface area contributed by atoms with Gasteiger partial charge in [0.15, 0.2) is 0 Å². The van der Waals surface area contributed by atoms with Crippen molar-refractivity contribution >= 4 is 12.0 Å². The minimum atomic E-state index is -0.791. The topological polar surface area (TPSA) is 69.6 Å². The van der Waals surface area contributed by atoms with Crippen molar-refractivity contribution in [3.63, 3.8) is 0 Å². The predicted octanol–water partition coefficient (Wildman–Crippen LogP) is 1.29. The average molecular weight is 240 g/mol. The van der Waals surface area contributed by atoms with E-state index in [1.807, 2.05) is 0 Å². The zero-order chi connectivity index (χ0) is 12.4. The van der Waals surface area contributed by atoms with Gasteiger partial charge in [0.1, 0.15) is 0 Å². The minimum absolute atomic E-state index is 0.0862. The summed E-state index contributed by atoms with van der Waals surface area (Å²) < 4.78 is 0. The molecule has 17 heavy (non-hydrogen) atoms. The molecule has 2 N–H and O–H groups in total. The lowest BCUT2D eigenvalue weighted by molar-refractivity contribution is -0.143. The lowest BCUT2D eigenvalue weighted by Gasteiger charge is -2.30. The summed E-state index contributed by atoms with van der Waals surface area (Å²) in [5, 5.41) is 11.9. The Morgan fingerprint density at radius 3 is 2.82 bits per heavy atom. The highest BCUT2D eigenvalue weighted by Gasteiger charge is 2.38. The molecule has 2 amide bonds. The first kappa shape index (κ1) is 12.2. The van der Waals surface area contributed by atoms with Crippen molar-refractivity contribution in [3.05, 3.63) is 0 Å². The number of carboxylic acid groups (broad SMARTS) is 1. The van der Waals surface area contributed by atoms with Gasteiger partial charge in [0, 0.05) is 19.1 Å². The van der Waals surface area contributed by atoms with Crippen LogP contribution in [0.1, 0.15) is 32.6 Å². The van der Waals surface area contributed by atoms with E-state index in [9.17, 15) is 9.59 Å². The fraction of sp³-hybridized carbons (Fsp3) is 0.833. The first-order valence-electron chi connectivity index (χ1n) is 6.40. The Morgan fingerprint density at radius 1 is 1.47 bits per heavy atom. The van der Waals surface area contributed by atoms with E-state index in [-0.39, 0.29) is 6.03 Å². The molecule has 3 atom stereocenters. The molecule has 1 saturated heterocycles. The van der Waals surface area contributed by atoms with Crippen molar-refractivity contribution in [2.75, 3.05) is 13.1 Å². The smallest absolute Gasteiger partial charge is 0.317 e. The Bertz CT molecular complexity index is 319. The van der Waals surface area contributed by atoms with Crippen molar-refractivity contribution in [3.8, 4) is 0 Å². The second-order valence-corrected chi connectivity index (χ2v) is 5.08. The fourth-order valence-corrected chi connectivity index (χ4v) is 2.49. The van der Waals surface area contributed by atoms with Crippen LogP contribution in [-0.4, -0.2) is 41.1 Å². The molecule has 1 heterocycles. The number of piperidine rings is 1. The standard InChI is InChI=1S/C12H20N2O3/c1-2-8-6-10(8)13-12(17)14-5-3-4-9(7-14)11(15)16/h8-10H,2-7H2,1H3,(H,13,17)(H,15,16). The maximum Gasteiger partial charge on any atom is 0.317 e. The summed E-state index contributed by atoms with van der Waals surface area (Å²) in [6.07, 6.45) is 3.63. The van der Waals surface area contributed by atoms with E-state index in [0.29, 0.717) is 31.5 Å². The van der Waals surface area contributed by atoms with Gasteiger partial charge in [0.25, 0.3) is 0 Å². The molecule has 2 rings (SSSR count). The van der Waals surface area contributed by atoms with Crippen molar-refractivity contribution in [1.29, 1.82) is 0 Å². The van der Waals surface area contributed by atoms with Gasteiger partial charge in [0.2, 0.25) is 0 Å². The largest absolute Gasteiger partial charge is 0.481 e. The molecular formula is C12H20N2O3. The number of nitrogens with one attached hydrogen (secondary N) is 1. The molecule has 0 bridgehead atoms. The molecule has 2 fully saturated rings. The zero-order valence-electron chi connectivity index (χ0n) is 10.2. The normalized spacial score (nSPS) is 32.1. The van der Waals surface area contributed by atoms with E-state index in [4.69, 9.17) is 5.11 Å². The molecule has 0 aromatic carbocycles. The maximum atomic E-state index is 11.9. The van der Waals surface area contributed by atoms with Gasteiger partial charge >= 0.3 is 12.0 Å². The number of carboxylic acids is 1. The molecule has 1 saturated carbocycles. The molecule has 96 valence electrons. The number of amides is 2. The minimum Gasteiger partial charge on any atom is -0.481 e. The van der Waals surface area contributed by atoms with Gasteiger partial charge in [0.05, 0.1) is 5.92 Å². The third kappa shape index (κ3) is 2.90. The number of hydrogen-bond donors (Lipinski definition) is 2. The second kappa shape index (κ2) is 4.94. The molecule has 1 aliphatic heterocycles. The van der Waals surface area contributed by atoms with E-state index in [2.05, 4.69) is 12.2 Å². The van der Waals surface area contributed by atoms with Crippen molar-refractivity contribution in [2.45, 2.75) is 38.6 Å². The van der Waals surface area contributed by atoms with Crippen molar-refractivity contribution < 1.29 is 14.7 Å². The summed E-state index contributed by atoms with van der Waals surface area (Å²) in [4.78, 5) is 24.4. The van der Waals surface area contributed by atoms with Crippen LogP contribution in [0.2, 0.25) is 0 Å². The molecule has 0 aromatic rings. The van der Waals surface area contributed by atoms with Crippen LogP contribution in [0.4, 0.5) is 4.79 Å². The third-order valence-corrected chi connectivity index (χ3v) is 3.81. The number of likely N-dealkylation sites (tertiary alicyclic amines) is 1. The number of carbonyl (C=O) groups is 2. The number of aliphatic carboxylic acids is 1. The van der Waals surface area contributed by atoms with E-state index in [1.54, 1.807) is 4.90 Å². The van der Waals surface area contributed by atoms with Crippen LogP contribution < -0.4 is 5.32 Å². The Labute approximate surface area is 101 Å². The molecular weight excluding hydrogens is 220 g/mol. The Balaban J connectivity index is 1.81. The van der Waals surface area contributed by atoms with Gasteiger partial charge in [-0.1, -0.05) is 13.3 Å². The summed E-state index contributed by atoms with van der Waals surface area (Å²) in [5.74, 6) is -0.560. The van der Waals surface area contributed by atoms with Crippen LogP contribution in [0.3, 0.4) is 0 Å². The quantitative estimate of drug-likeness (QED) is 0.781. The molecule has 5 heteroatoms. The van der Waals surface area contributed by atoms with E-state index >= 15 is 0 Å². The van der Waals surface area contributed by atoms with Crippen LogP contribution in [0.15, 0.2) is 0 Å². The highest BCUT2D eigenvalue weighted by atomic mass is 16.4. The van der Waals surface area contributed by atoms with Crippen LogP contribution >= 0.6 is 0 Å². The van der Waals surface area contributed by atoms with E-state index in [1.165, 1.54) is 0 Å². The molecule has 0 aromatic heterocycles. The number of rotatable bonds is 3. The average Bonchev–Trinajstić information content (AvgIpc) is 3.07. The highest BCUT2D eigenvalue weighted by Crippen LogP contribution is 2.33. The SMILES string of the molecule is CCC1CC1NC(=O)N1CCCC(C(=O)O)C1. The number of hydrogen-bond acceptors (Lipinski definition) is 2. The maximum absolute atomic E-state index is 11.9. The molecule has 5 nitrogen and oxygen atoms in total. The van der Waals surface area contributed by atoms with Crippen molar-refractivity contribution in [2.24, 2.45) is 11.8 Å². The monoisotopic (exact) mass is 240 g/mol. The first-order chi connectivity index (χ1) is 8.11. The first-order valence-corrected chi connectivity index (χ1v) is 6.40. The Hall–Kier alpha value is -1.26. The van der Waals surface area contributed by atoms with Gasteiger partial charge in [-0.25, -0.2) is 4.79 Å². The Kier molecular flexibility index (Phi) is 3.54. The lowest BCUT2D eigenvalue weighted by Crippen LogP contribution is -2.47. The molecule has 0 spiro atoms. The number of nitrogens with zero attached hydrogens (tertiary/aromatic N) is 1. The predicted molar refractivity (Wildman–Crippen MR) is 62.7 cm³/mol. The molecule has 0 radical (unpaired) electrons. The summed E-state index contributed by atoms with van der Waals surface area (Å²) in [7, 11) is 0. The van der Waals surface area contributed by atoms with Crippen LogP contribution in [0.5, 0.6) is 0 Å². The van der Waals surface area contributed by atoms with E-state index < -0.39 is 11.9 Å². The van der Waals surface area contributed by atoms with Crippen molar-refractivity contribution in [1.82, 2.24) is 10.2 Å². The summed E-state index contributed by atoms with van der Waals surface area (Å²) in [6.45, 7) is 3.15. The van der Waals surface area contributed by atoms with Crippen LogP contribution in [-0.2, 0) is 4.79 Å². The lowest BCUT2D eigenvalue weighted by atomic mass is 9.99. The third-order valence-electron chi connectivity index (χ3n) is 3.81. The Morgan fingerprint density at radius 2 is 2.24 bits per heavy atom. The second-order valence-electron chi connectivity index (χ2n) is 5.08. The van der Waals surface area contributed by atoms with Gasteiger partial charge in [-0.2, -0.15) is 0 Å². The van der Waals surface area contributed by atoms with Gasteiger partial charge in [-0.05, 0) is 25.2 Å². The van der Waals surface area contributed by atoms with Gasteiger partial charge in [-0.3, -0.25) is 4.79 Å². The highest BCUT2D eigenvalue weighted by molar-refractivity contribution is 5.77. The fourth-order valence-electron chi connectivity index (χ4n) is 2.49. The van der Waals surface area contributed by atoms with Gasteiger partial charge in [-0.15, -0.1) is 0 Å². The van der Waals surface area contributed by atoms with Crippen LogP contribution in [0, 0.1) is 11.8 Å². The molecule has 1 aliphatic carbocycles. The summed E-state index contributed by atoms with van der Waals surface area (Å²) in [6, 6.07) is 0.231. The van der Waals surface area contributed by atoms with Crippen LogP contribution in [0.25, 0.3) is 0 Å². The number of carbonyl (C=O) groups excluding carboxylic acids is 1. The van der Waals surface area contributed by atoms with Gasteiger partial charge < -0.3 is 15.3 Å². The zero-order valence-corrected chi connectivity index (χ0v) is 10.2. The summed E-state index contributed by atoms with van der Waals surface area (Å²) >= 11 is 0. The van der Waals surface area contributed by atoms with E-state index in [0.717, 1.165) is 19.3 Å². The number of urea groups is 1. The molecule has 2 aliphatic rings. The molecule has 3 unspecified atom stereocenters. The summed E-state index contributed by atoms with van der Waals surface area (Å²) in [5.41, 5.74) is 0.